The molecular formula is C19H33N3OSi. The van der Waals surface area contributed by atoms with E-state index in [1.165, 1.54) is 0 Å². The van der Waals surface area contributed by atoms with Gasteiger partial charge in [0.25, 0.3) is 0 Å². The third kappa shape index (κ3) is 3.96. The zero-order chi connectivity index (χ0) is 18.0. The largest absolute Gasteiger partial charge is 0.417 e. The number of aliphatic imine (C=N–C) groups is 1. The van der Waals surface area contributed by atoms with Crippen molar-refractivity contribution in [2.45, 2.75) is 69.7 Å². The quantitative estimate of drug-likeness (QED) is 0.601. The minimum atomic E-state index is -1.66. The number of benzene rings is 1. The van der Waals surface area contributed by atoms with Gasteiger partial charge in [0.2, 0.25) is 0 Å². The van der Waals surface area contributed by atoms with Crippen molar-refractivity contribution < 1.29 is 4.43 Å². The summed E-state index contributed by atoms with van der Waals surface area (Å²) in [4.78, 5) is 4.42. The van der Waals surface area contributed by atoms with Crippen LogP contribution in [0.2, 0.25) is 18.1 Å². The molecule has 0 saturated heterocycles. The Labute approximate surface area is 147 Å². The Morgan fingerprint density at radius 3 is 2.54 bits per heavy atom. The van der Waals surface area contributed by atoms with E-state index >= 15 is 0 Å². The predicted octanol–water partition coefficient (Wildman–Crippen LogP) is 4.08. The number of fused-ring (bicyclic) bond motifs is 1. The van der Waals surface area contributed by atoms with Gasteiger partial charge in [0.05, 0.1) is 17.3 Å². The van der Waals surface area contributed by atoms with Gasteiger partial charge >= 0.3 is 0 Å². The molecular weight excluding hydrogens is 314 g/mol. The smallest absolute Gasteiger partial charge is 0.191 e. The van der Waals surface area contributed by atoms with Crippen LogP contribution in [-0.4, -0.2) is 27.2 Å². The van der Waals surface area contributed by atoms with Gasteiger partial charge in [0.15, 0.2) is 8.32 Å². The highest BCUT2D eigenvalue weighted by Gasteiger charge is 2.38. The molecule has 24 heavy (non-hydrogen) atoms. The molecule has 134 valence electrons. The Bertz CT molecular complexity index is 595. The van der Waals surface area contributed by atoms with E-state index < -0.39 is 13.9 Å². The van der Waals surface area contributed by atoms with Crippen LogP contribution in [0, 0.1) is 0 Å². The average molecular weight is 348 g/mol. The maximum atomic E-state index is 6.70. The fourth-order valence-electron chi connectivity index (χ4n) is 2.82. The molecule has 1 aromatic rings. The highest BCUT2D eigenvalue weighted by molar-refractivity contribution is 6.74. The molecule has 0 aliphatic carbocycles. The van der Waals surface area contributed by atoms with Crippen LogP contribution in [0.15, 0.2) is 29.3 Å². The summed E-state index contributed by atoms with van der Waals surface area (Å²) in [5.41, 5.74) is 14.4. The predicted molar refractivity (Wildman–Crippen MR) is 105 cm³/mol. The van der Waals surface area contributed by atoms with Crippen LogP contribution in [0.5, 0.6) is 0 Å². The van der Waals surface area contributed by atoms with Gasteiger partial charge in [0.1, 0.15) is 0 Å². The number of hydrogen-bond donors (Lipinski definition) is 2. The lowest BCUT2D eigenvalue weighted by Crippen LogP contribution is -2.54. The molecule has 0 fully saturated rings. The molecule has 4 nitrogen and oxygen atoms in total. The van der Waals surface area contributed by atoms with Crippen molar-refractivity contribution in [2.75, 3.05) is 6.61 Å². The molecule has 2 rings (SSSR count). The number of nitrogens with zero attached hydrogens (tertiary/aromatic N) is 1. The number of rotatable bonds is 6. The Morgan fingerprint density at radius 2 is 1.88 bits per heavy atom. The molecule has 0 radical (unpaired) electrons. The van der Waals surface area contributed by atoms with Gasteiger partial charge in [-0.15, -0.1) is 0 Å². The topological polar surface area (TPSA) is 73.6 Å². The van der Waals surface area contributed by atoms with Gasteiger partial charge < -0.3 is 15.9 Å². The first kappa shape index (κ1) is 19.3. The maximum absolute atomic E-state index is 6.70. The normalized spacial score (nSPS) is 24.0. The van der Waals surface area contributed by atoms with Crippen molar-refractivity contribution in [2.24, 2.45) is 16.5 Å². The highest BCUT2D eigenvalue weighted by atomic mass is 28.4. The zero-order valence-corrected chi connectivity index (χ0v) is 16.8. The van der Waals surface area contributed by atoms with Crippen LogP contribution in [0.4, 0.5) is 5.69 Å². The standard InChI is InChI=1S/C19H33N3OSi/c1-18(2,3)24(4,5)23-13-9-8-12-19(21)15-10-6-7-11-16(15)22-14-17(19)20/h6-7,10-11,14,17H,8-9,12-13,20-21H2,1-5H3. The summed E-state index contributed by atoms with van der Waals surface area (Å²) < 4.78 is 6.25. The second-order valence-electron chi connectivity index (χ2n) is 8.43. The SMILES string of the molecule is CC(C)(C)[Si](C)(C)OCCCCC1(N)c2ccccc2N=CC1N. The molecule has 1 aliphatic heterocycles. The van der Waals surface area contributed by atoms with Crippen LogP contribution in [0.25, 0.3) is 0 Å². The molecule has 4 N–H and O–H groups in total. The maximum Gasteiger partial charge on any atom is 0.191 e. The van der Waals surface area contributed by atoms with Crippen molar-refractivity contribution in [3.8, 4) is 0 Å². The first-order valence-corrected chi connectivity index (χ1v) is 11.8. The summed E-state index contributed by atoms with van der Waals surface area (Å²) in [6.07, 6.45) is 4.64. The molecule has 1 heterocycles. The fourth-order valence-corrected chi connectivity index (χ4v) is 3.91. The first-order chi connectivity index (χ1) is 11.1. The fraction of sp³-hybridized carbons (Fsp3) is 0.632. The van der Waals surface area contributed by atoms with Crippen molar-refractivity contribution >= 4 is 20.2 Å². The summed E-state index contributed by atoms with van der Waals surface area (Å²) in [6.45, 7) is 12.2. The van der Waals surface area contributed by atoms with Gasteiger partial charge in [-0.3, -0.25) is 4.99 Å². The number of para-hydroxylation sites is 1. The Balaban J connectivity index is 1.91. The van der Waals surface area contributed by atoms with E-state index in [1.54, 1.807) is 6.21 Å². The van der Waals surface area contributed by atoms with Gasteiger partial charge in [-0.2, -0.15) is 0 Å². The number of unbranched alkanes of at least 4 members (excludes halogenated alkanes) is 1. The van der Waals surface area contributed by atoms with E-state index in [2.05, 4.69) is 44.9 Å². The second kappa shape index (κ2) is 7.08. The average Bonchev–Trinajstić information content (AvgIpc) is 2.50. The van der Waals surface area contributed by atoms with Gasteiger partial charge in [-0.05, 0) is 49.0 Å². The highest BCUT2D eigenvalue weighted by Crippen LogP contribution is 2.38. The number of nitrogens with two attached hydrogens (primary N) is 2. The lowest BCUT2D eigenvalue weighted by molar-refractivity contribution is 0.267. The summed E-state index contributed by atoms with van der Waals surface area (Å²) in [5, 5.41) is 0.253. The van der Waals surface area contributed by atoms with Crippen molar-refractivity contribution in [3.05, 3.63) is 29.8 Å². The van der Waals surface area contributed by atoms with Gasteiger partial charge in [-0.25, -0.2) is 0 Å². The molecule has 0 aromatic heterocycles. The van der Waals surface area contributed by atoms with Crippen molar-refractivity contribution in [1.29, 1.82) is 0 Å². The third-order valence-corrected chi connectivity index (χ3v) is 10.2. The van der Waals surface area contributed by atoms with E-state index in [-0.39, 0.29) is 11.1 Å². The van der Waals surface area contributed by atoms with Crippen LogP contribution in [-0.2, 0) is 9.96 Å². The van der Waals surface area contributed by atoms with Crippen LogP contribution >= 0.6 is 0 Å². The molecule has 0 amide bonds. The van der Waals surface area contributed by atoms with Crippen molar-refractivity contribution in [1.82, 2.24) is 0 Å². The van der Waals surface area contributed by atoms with E-state index in [9.17, 15) is 0 Å². The molecule has 2 unspecified atom stereocenters. The second-order valence-corrected chi connectivity index (χ2v) is 13.2. The van der Waals surface area contributed by atoms with Crippen LogP contribution in [0.1, 0.15) is 45.6 Å². The Kier molecular flexibility index (Phi) is 5.70. The van der Waals surface area contributed by atoms with Gasteiger partial charge in [0, 0.05) is 12.8 Å². The minimum absolute atomic E-state index is 0.242. The molecule has 0 spiro atoms. The Hall–Kier alpha value is -1.01. The van der Waals surface area contributed by atoms with E-state index in [0.29, 0.717) is 0 Å². The molecule has 1 aromatic carbocycles. The molecule has 2 atom stereocenters. The summed E-state index contributed by atoms with van der Waals surface area (Å²) in [6, 6.07) is 7.81. The van der Waals surface area contributed by atoms with E-state index in [4.69, 9.17) is 15.9 Å². The van der Waals surface area contributed by atoms with E-state index in [0.717, 1.165) is 37.1 Å². The van der Waals surface area contributed by atoms with E-state index in [1.807, 2.05) is 18.2 Å². The van der Waals surface area contributed by atoms with Crippen LogP contribution < -0.4 is 11.5 Å². The van der Waals surface area contributed by atoms with Crippen LogP contribution in [0.3, 0.4) is 0 Å². The lowest BCUT2D eigenvalue weighted by atomic mass is 9.78. The lowest BCUT2D eigenvalue weighted by Gasteiger charge is -2.38. The summed E-state index contributed by atoms with van der Waals surface area (Å²) >= 11 is 0. The first-order valence-electron chi connectivity index (χ1n) is 8.90. The molecule has 5 heteroatoms. The van der Waals surface area contributed by atoms with Crippen molar-refractivity contribution in [3.63, 3.8) is 0 Å². The molecule has 0 saturated carbocycles. The molecule has 1 aliphatic rings. The minimum Gasteiger partial charge on any atom is -0.417 e. The third-order valence-electron chi connectivity index (χ3n) is 5.63. The zero-order valence-electron chi connectivity index (χ0n) is 15.8. The summed E-state index contributed by atoms with van der Waals surface area (Å²) in [5.74, 6) is 0. The monoisotopic (exact) mass is 347 g/mol. The van der Waals surface area contributed by atoms with Gasteiger partial charge in [-0.1, -0.05) is 39.0 Å². The number of hydrogen-bond acceptors (Lipinski definition) is 4. The Morgan fingerprint density at radius 1 is 1.21 bits per heavy atom. The molecule has 0 bridgehead atoms. The summed E-state index contributed by atoms with van der Waals surface area (Å²) in [7, 11) is -1.66.